The number of hydroxylamine groups is 2. The highest BCUT2D eigenvalue weighted by atomic mass is 16.7. The van der Waals surface area contributed by atoms with Crippen LogP contribution in [0.25, 0.3) is 10.9 Å². The lowest BCUT2D eigenvalue weighted by Crippen LogP contribution is -2.25. The van der Waals surface area contributed by atoms with E-state index in [9.17, 15) is 4.79 Å². The van der Waals surface area contributed by atoms with E-state index in [2.05, 4.69) is 5.10 Å². The molecule has 1 aromatic heterocycles. The molecule has 0 spiro atoms. The van der Waals surface area contributed by atoms with Gasteiger partial charge >= 0.3 is 0 Å². The van der Waals surface area contributed by atoms with Crippen LogP contribution in [0.5, 0.6) is 0 Å². The maximum Gasteiger partial charge on any atom is 0.277 e. The summed E-state index contributed by atoms with van der Waals surface area (Å²) in [6, 6.07) is 5.23. The van der Waals surface area contributed by atoms with Crippen LogP contribution in [-0.2, 0) is 4.84 Å². The monoisotopic (exact) mass is 234 g/mol. The number of amides is 1. The molecule has 0 saturated heterocycles. The topological polar surface area (TPSA) is 73.4 Å². The van der Waals surface area contributed by atoms with Gasteiger partial charge in [0, 0.05) is 18.0 Å². The Morgan fingerprint density at radius 2 is 2.24 bits per heavy atom. The van der Waals surface area contributed by atoms with Crippen LogP contribution in [0.15, 0.2) is 18.2 Å². The zero-order chi connectivity index (χ0) is 12.6. The van der Waals surface area contributed by atoms with E-state index in [-0.39, 0.29) is 5.91 Å². The third-order valence-corrected chi connectivity index (χ3v) is 2.70. The number of nitrogens with two attached hydrogens (primary N) is 1. The summed E-state index contributed by atoms with van der Waals surface area (Å²) < 4.78 is 0. The summed E-state index contributed by atoms with van der Waals surface area (Å²) in [6.45, 7) is 1.85. The van der Waals surface area contributed by atoms with E-state index in [0.717, 1.165) is 16.6 Å². The fourth-order valence-electron chi connectivity index (χ4n) is 1.69. The van der Waals surface area contributed by atoms with Crippen molar-refractivity contribution < 1.29 is 9.63 Å². The molecule has 2 rings (SSSR count). The van der Waals surface area contributed by atoms with Crippen molar-refractivity contribution in [1.29, 1.82) is 0 Å². The summed E-state index contributed by atoms with van der Waals surface area (Å²) in [6.07, 6.45) is 0. The van der Waals surface area contributed by atoms with E-state index in [1.54, 1.807) is 25.2 Å². The Kier molecular flexibility index (Phi) is 2.72. The zero-order valence-electron chi connectivity index (χ0n) is 9.97. The first kappa shape index (κ1) is 11.4. The van der Waals surface area contributed by atoms with E-state index in [1.807, 2.05) is 6.92 Å². The van der Waals surface area contributed by atoms with Crippen LogP contribution in [0.1, 0.15) is 16.1 Å². The van der Waals surface area contributed by atoms with Crippen LogP contribution < -0.4 is 5.84 Å². The standard InChI is InChI=1S/C11H14N4O2/c1-7-9-6-8(11(16)14(2)17-3)4-5-10(9)15(12)13-7/h4-6H,12H2,1-3H3. The van der Waals surface area contributed by atoms with Gasteiger partial charge < -0.3 is 5.84 Å². The number of aromatic nitrogens is 2. The molecule has 0 fully saturated rings. The highest BCUT2D eigenvalue weighted by molar-refractivity contribution is 5.97. The summed E-state index contributed by atoms with van der Waals surface area (Å²) in [7, 11) is 3.01. The number of nitrogen functional groups attached to an aromatic ring is 1. The molecule has 6 nitrogen and oxygen atoms in total. The number of nitrogens with zero attached hydrogens (tertiary/aromatic N) is 3. The van der Waals surface area contributed by atoms with Crippen molar-refractivity contribution in [3.63, 3.8) is 0 Å². The summed E-state index contributed by atoms with van der Waals surface area (Å²) >= 11 is 0. The Morgan fingerprint density at radius 3 is 2.88 bits per heavy atom. The molecule has 1 aromatic carbocycles. The first-order chi connectivity index (χ1) is 8.04. The van der Waals surface area contributed by atoms with Crippen LogP contribution >= 0.6 is 0 Å². The van der Waals surface area contributed by atoms with Gasteiger partial charge in [-0.1, -0.05) is 0 Å². The number of fused-ring (bicyclic) bond motifs is 1. The first-order valence-corrected chi connectivity index (χ1v) is 5.11. The number of aryl methyl sites for hydroxylation is 1. The SMILES string of the molecule is CON(C)C(=O)c1ccc2c(c1)c(C)nn2N. The average molecular weight is 234 g/mol. The maximum absolute atomic E-state index is 11.9. The van der Waals surface area contributed by atoms with Crippen molar-refractivity contribution in [3.8, 4) is 0 Å². The lowest BCUT2D eigenvalue weighted by Gasteiger charge is -2.13. The highest BCUT2D eigenvalue weighted by Gasteiger charge is 2.14. The molecule has 0 atom stereocenters. The van der Waals surface area contributed by atoms with Crippen molar-refractivity contribution in [1.82, 2.24) is 15.0 Å². The Morgan fingerprint density at radius 1 is 1.53 bits per heavy atom. The molecule has 0 aliphatic carbocycles. The molecule has 1 amide bonds. The number of hydrogen-bond donors (Lipinski definition) is 1. The van der Waals surface area contributed by atoms with E-state index in [1.165, 1.54) is 17.0 Å². The number of carbonyl (C=O) groups excluding carboxylic acids is 1. The summed E-state index contributed by atoms with van der Waals surface area (Å²) in [5.41, 5.74) is 2.12. The third-order valence-electron chi connectivity index (χ3n) is 2.70. The number of hydrogen-bond acceptors (Lipinski definition) is 4. The third kappa shape index (κ3) is 1.83. The minimum absolute atomic E-state index is 0.210. The van der Waals surface area contributed by atoms with Crippen LogP contribution in [0.3, 0.4) is 0 Å². The van der Waals surface area contributed by atoms with Crippen LogP contribution in [-0.4, -0.2) is 35.0 Å². The molecule has 1 heterocycles. The smallest absolute Gasteiger partial charge is 0.277 e. The predicted molar refractivity (Wildman–Crippen MR) is 63.7 cm³/mol. The van der Waals surface area contributed by atoms with Gasteiger partial charge in [0.25, 0.3) is 5.91 Å². The highest BCUT2D eigenvalue weighted by Crippen LogP contribution is 2.19. The Hall–Kier alpha value is -2.08. The Bertz CT molecular complexity index is 576. The van der Waals surface area contributed by atoms with Gasteiger partial charge in [0.1, 0.15) is 0 Å². The Labute approximate surface area is 98.5 Å². The minimum atomic E-state index is -0.210. The van der Waals surface area contributed by atoms with Crippen molar-refractivity contribution in [2.24, 2.45) is 0 Å². The van der Waals surface area contributed by atoms with E-state index < -0.39 is 0 Å². The molecule has 0 aliphatic rings. The van der Waals surface area contributed by atoms with Crippen LogP contribution in [0, 0.1) is 6.92 Å². The van der Waals surface area contributed by atoms with Crippen molar-refractivity contribution in [2.75, 3.05) is 20.0 Å². The van der Waals surface area contributed by atoms with Gasteiger partial charge in [-0.2, -0.15) is 9.89 Å². The van der Waals surface area contributed by atoms with Gasteiger partial charge in [-0.05, 0) is 25.1 Å². The van der Waals surface area contributed by atoms with Gasteiger partial charge in [0.2, 0.25) is 0 Å². The van der Waals surface area contributed by atoms with E-state index >= 15 is 0 Å². The molecular formula is C11H14N4O2. The van der Waals surface area contributed by atoms with E-state index in [0.29, 0.717) is 5.56 Å². The molecule has 0 bridgehead atoms. The lowest BCUT2D eigenvalue weighted by atomic mass is 10.1. The van der Waals surface area contributed by atoms with Gasteiger partial charge in [-0.3, -0.25) is 9.63 Å². The number of benzene rings is 1. The molecular weight excluding hydrogens is 220 g/mol. The molecule has 2 aromatic rings. The molecule has 0 unspecified atom stereocenters. The zero-order valence-corrected chi connectivity index (χ0v) is 9.97. The fourth-order valence-corrected chi connectivity index (χ4v) is 1.69. The quantitative estimate of drug-likeness (QED) is 0.613. The second-order valence-corrected chi connectivity index (χ2v) is 3.75. The first-order valence-electron chi connectivity index (χ1n) is 5.11. The van der Waals surface area contributed by atoms with Gasteiger partial charge in [0.15, 0.2) is 0 Å². The predicted octanol–water partition coefficient (Wildman–Crippen LogP) is 0.692. The fraction of sp³-hybridized carbons (Fsp3) is 0.273. The van der Waals surface area contributed by atoms with Crippen LogP contribution in [0.4, 0.5) is 0 Å². The van der Waals surface area contributed by atoms with Gasteiger partial charge in [-0.15, -0.1) is 0 Å². The van der Waals surface area contributed by atoms with Crippen molar-refractivity contribution in [3.05, 3.63) is 29.5 Å². The number of carbonyl (C=O) groups is 1. The van der Waals surface area contributed by atoms with Crippen molar-refractivity contribution in [2.45, 2.75) is 6.92 Å². The van der Waals surface area contributed by atoms with Gasteiger partial charge in [-0.25, -0.2) is 5.06 Å². The lowest BCUT2D eigenvalue weighted by molar-refractivity contribution is -0.0756. The van der Waals surface area contributed by atoms with Crippen LogP contribution in [0.2, 0.25) is 0 Å². The largest absolute Gasteiger partial charge is 0.323 e. The van der Waals surface area contributed by atoms with Crippen molar-refractivity contribution >= 4 is 16.8 Å². The Balaban J connectivity index is 2.51. The number of rotatable bonds is 2. The average Bonchev–Trinajstić information content (AvgIpc) is 2.62. The second-order valence-electron chi connectivity index (χ2n) is 3.75. The summed E-state index contributed by atoms with van der Waals surface area (Å²) in [4.78, 5) is 18.0. The van der Waals surface area contributed by atoms with Gasteiger partial charge in [0.05, 0.1) is 18.3 Å². The summed E-state index contributed by atoms with van der Waals surface area (Å²) in [5.74, 6) is 5.47. The molecule has 0 radical (unpaired) electrons. The normalized spacial score (nSPS) is 10.8. The van der Waals surface area contributed by atoms with E-state index in [4.69, 9.17) is 10.7 Å². The molecule has 17 heavy (non-hydrogen) atoms. The molecule has 0 saturated carbocycles. The maximum atomic E-state index is 11.9. The molecule has 90 valence electrons. The minimum Gasteiger partial charge on any atom is -0.323 e. The molecule has 6 heteroatoms. The summed E-state index contributed by atoms with van der Waals surface area (Å²) in [5, 5.41) is 6.13. The molecule has 0 aliphatic heterocycles. The molecule has 2 N–H and O–H groups in total. The second kappa shape index (κ2) is 4.06.